The number of hydrogen-bond donors (Lipinski definition) is 1. The van der Waals surface area contributed by atoms with Crippen LogP contribution in [0.5, 0.6) is 0 Å². The summed E-state index contributed by atoms with van der Waals surface area (Å²) in [7, 11) is 0. The van der Waals surface area contributed by atoms with Gasteiger partial charge in [0.15, 0.2) is 0 Å². The third kappa shape index (κ3) is 3.28. The molecule has 13 heavy (non-hydrogen) atoms. The molecule has 70 valence electrons. The third-order valence-electron chi connectivity index (χ3n) is 1.71. The van der Waals surface area contributed by atoms with E-state index in [4.69, 9.17) is 0 Å². The van der Waals surface area contributed by atoms with E-state index in [0.29, 0.717) is 6.42 Å². The molecule has 1 unspecified atom stereocenters. The van der Waals surface area contributed by atoms with E-state index in [1.807, 2.05) is 24.3 Å². The molecule has 1 aromatic rings. The molecule has 2 heteroatoms. The SMILES string of the molecule is C=CNc1cccc(CC(C)F)c1. The molecule has 0 aliphatic heterocycles. The van der Waals surface area contributed by atoms with Crippen molar-refractivity contribution in [3.63, 3.8) is 0 Å². The Bertz CT molecular complexity index is 281. The highest BCUT2D eigenvalue weighted by atomic mass is 19.1. The summed E-state index contributed by atoms with van der Waals surface area (Å²) in [5, 5.41) is 2.96. The number of benzene rings is 1. The van der Waals surface area contributed by atoms with Gasteiger partial charge in [-0.1, -0.05) is 18.7 Å². The minimum absolute atomic E-state index is 0.465. The third-order valence-corrected chi connectivity index (χ3v) is 1.71. The van der Waals surface area contributed by atoms with Gasteiger partial charge >= 0.3 is 0 Å². The summed E-state index contributed by atoms with van der Waals surface area (Å²) in [5.74, 6) is 0. The van der Waals surface area contributed by atoms with Crippen molar-refractivity contribution in [1.29, 1.82) is 0 Å². The average Bonchev–Trinajstić information content (AvgIpc) is 2.04. The maximum Gasteiger partial charge on any atom is 0.101 e. The highest BCUT2D eigenvalue weighted by Crippen LogP contribution is 2.12. The highest BCUT2D eigenvalue weighted by molar-refractivity contribution is 5.47. The molecule has 0 radical (unpaired) electrons. The molecule has 0 heterocycles. The van der Waals surface area contributed by atoms with Crippen LogP contribution in [0.15, 0.2) is 37.0 Å². The summed E-state index contributed by atoms with van der Waals surface area (Å²) in [6.07, 6.45) is 1.28. The smallest absolute Gasteiger partial charge is 0.101 e. The molecule has 1 atom stereocenters. The van der Waals surface area contributed by atoms with Gasteiger partial charge in [-0.15, -0.1) is 0 Å². The van der Waals surface area contributed by atoms with Crippen molar-refractivity contribution < 1.29 is 4.39 Å². The van der Waals surface area contributed by atoms with E-state index in [0.717, 1.165) is 11.3 Å². The van der Waals surface area contributed by atoms with Crippen LogP contribution in [0, 0.1) is 0 Å². The molecular formula is C11H14FN. The van der Waals surface area contributed by atoms with Crippen LogP contribution in [0.2, 0.25) is 0 Å². The average molecular weight is 179 g/mol. The second-order valence-corrected chi connectivity index (χ2v) is 3.03. The van der Waals surface area contributed by atoms with Crippen LogP contribution >= 0.6 is 0 Å². The lowest BCUT2D eigenvalue weighted by molar-refractivity contribution is 0.360. The normalized spacial score (nSPS) is 12.2. The van der Waals surface area contributed by atoms with E-state index in [-0.39, 0.29) is 0 Å². The summed E-state index contributed by atoms with van der Waals surface area (Å²) >= 11 is 0. The number of alkyl halides is 1. The number of rotatable bonds is 4. The summed E-state index contributed by atoms with van der Waals surface area (Å²) in [5.41, 5.74) is 1.95. The Balaban J connectivity index is 2.72. The van der Waals surface area contributed by atoms with Gasteiger partial charge in [0.2, 0.25) is 0 Å². The van der Waals surface area contributed by atoms with E-state index in [9.17, 15) is 4.39 Å². The first-order valence-corrected chi connectivity index (χ1v) is 4.33. The Morgan fingerprint density at radius 1 is 1.62 bits per heavy atom. The Hall–Kier alpha value is -1.31. The van der Waals surface area contributed by atoms with Crippen LogP contribution < -0.4 is 5.32 Å². The van der Waals surface area contributed by atoms with Gasteiger partial charge in [0, 0.05) is 12.1 Å². The first kappa shape index (κ1) is 9.78. The number of anilines is 1. The van der Waals surface area contributed by atoms with E-state index in [1.165, 1.54) is 0 Å². The summed E-state index contributed by atoms with van der Waals surface area (Å²) < 4.78 is 12.7. The summed E-state index contributed by atoms with van der Waals surface area (Å²) in [4.78, 5) is 0. The Morgan fingerprint density at radius 3 is 3.00 bits per heavy atom. The predicted octanol–water partition coefficient (Wildman–Crippen LogP) is 3.14. The zero-order valence-electron chi connectivity index (χ0n) is 7.76. The van der Waals surface area contributed by atoms with Gasteiger partial charge in [0.25, 0.3) is 0 Å². The molecule has 1 nitrogen and oxygen atoms in total. The van der Waals surface area contributed by atoms with Crippen LogP contribution in [0.25, 0.3) is 0 Å². The molecule has 0 saturated carbocycles. The first-order chi connectivity index (χ1) is 6.22. The molecule has 0 aliphatic carbocycles. The van der Waals surface area contributed by atoms with Crippen LogP contribution in [0.3, 0.4) is 0 Å². The molecule has 0 amide bonds. The number of hydrogen-bond acceptors (Lipinski definition) is 1. The maximum absolute atomic E-state index is 12.7. The van der Waals surface area contributed by atoms with Crippen molar-refractivity contribution in [1.82, 2.24) is 0 Å². The van der Waals surface area contributed by atoms with E-state index in [1.54, 1.807) is 13.1 Å². The lowest BCUT2D eigenvalue weighted by atomic mass is 10.1. The monoisotopic (exact) mass is 179 g/mol. The van der Waals surface area contributed by atoms with Gasteiger partial charge in [-0.25, -0.2) is 4.39 Å². The minimum Gasteiger partial charge on any atom is -0.362 e. The van der Waals surface area contributed by atoms with Crippen molar-refractivity contribution in [3.05, 3.63) is 42.6 Å². The molecule has 0 fully saturated rings. The minimum atomic E-state index is -0.793. The zero-order chi connectivity index (χ0) is 9.68. The second-order valence-electron chi connectivity index (χ2n) is 3.03. The van der Waals surface area contributed by atoms with Gasteiger partial charge < -0.3 is 5.32 Å². The number of nitrogens with one attached hydrogen (secondary N) is 1. The van der Waals surface area contributed by atoms with E-state index < -0.39 is 6.17 Å². The maximum atomic E-state index is 12.7. The van der Waals surface area contributed by atoms with Gasteiger partial charge in [0.05, 0.1) is 0 Å². The lowest BCUT2D eigenvalue weighted by Crippen LogP contribution is -1.98. The van der Waals surface area contributed by atoms with Crippen molar-refractivity contribution in [2.24, 2.45) is 0 Å². The summed E-state index contributed by atoms with van der Waals surface area (Å²) in [6.45, 7) is 5.12. The van der Waals surface area contributed by atoms with E-state index >= 15 is 0 Å². The van der Waals surface area contributed by atoms with Gasteiger partial charge in [0.1, 0.15) is 6.17 Å². The highest BCUT2D eigenvalue weighted by Gasteiger charge is 2.00. The molecule has 0 aliphatic rings. The fraction of sp³-hybridized carbons (Fsp3) is 0.273. The van der Waals surface area contributed by atoms with Gasteiger partial charge in [-0.3, -0.25) is 0 Å². The standard InChI is InChI=1S/C11H14FN/c1-3-13-11-6-4-5-10(8-11)7-9(2)12/h3-6,8-9,13H,1,7H2,2H3. The van der Waals surface area contributed by atoms with Crippen LogP contribution in [-0.2, 0) is 6.42 Å². The molecule has 1 rings (SSSR count). The quantitative estimate of drug-likeness (QED) is 0.748. The second kappa shape index (κ2) is 4.65. The predicted molar refractivity (Wildman–Crippen MR) is 54.5 cm³/mol. The van der Waals surface area contributed by atoms with Crippen LogP contribution in [-0.4, -0.2) is 6.17 Å². The van der Waals surface area contributed by atoms with E-state index in [2.05, 4.69) is 11.9 Å². The Morgan fingerprint density at radius 2 is 2.38 bits per heavy atom. The topological polar surface area (TPSA) is 12.0 Å². The fourth-order valence-electron chi connectivity index (χ4n) is 1.23. The number of halogens is 1. The summed E-state index contributed by atoms with van der Waals surface area (Å²) in [6, 6.07) is 7.68. The molecule has 1 N–H and O–H groups in total. The molecule has 0 spiro atoms. The largest absolute Gasteiger partial charge is 0.362 e. The van der Waals surface area contributed by atoms with Crippen molar-refractivity contribution in [2.45, 2.75) is 19.5 Å². The zero-order valence-corrected chi connectivity index (χ0v) is 7.76. The van der Waals surface area contributed by atoms with Crippen molar-refractivity contribution in [3.8, 4) is 0 Å². The van der Waals surface area contributed by atoms with Crippen molar-refractivity contribution in [2.75, 3.05) is 5.32 Å². The first-order valence-electron chi connectivity index (χ1n) is 4.33. The molecule has 0 aromatic heterocycles. The Kier molecular flexibility index (Phi) is 3.50. The molecular weight excluding hydrogens is 165 g/mol. The van der Waals surface area contributed by atoms with Crippen molar-refractivity contribution >= 4 is 5.69 Å². The van der Waals surface area contributed by atoms with Crippen LogP contribution in [0.1, 0.15) is 12.5 Å². The fourth-order valence-corrected chi connectivity index (χ4v) is 1.23. The van der Waals surface area contributed by atoms with Crippen LogP contribution in [0.4, 0.5) is 10.1 Å². The molecule has 0 saturated heterocycles. The van der Waals surface area contributed by atoms with Gasteiger partial charge in [-0.2, -0.15) is 0 Å². The molecule has 1 aromatic carbocycles. The Labute approximate surface area is 78.3 Å². The lowest BCUT2D eigenvalue weighted by Gasteiger charge is -2.05. The van der Waals surface area contributed by atoms with Gasteiger partial charge in [-0.05, 0) is 30.8 Å². The molecule has 0 bridgehead atoms.